The molecule has 0 bridgehead atoms. The highest BCUT2D eigenvalue weighted by Crippen LogP contribution is 2.17. The summed E-state index contributed by atoms with van der Waals surface area (Å²) >= 11 is 0. The van der Waals surface area contributed by atoms with Crippen LogP contribution < -0.4 is 5.32 Å². The average molecular weight is 360 g/mol. The maximum absolute atomic E-state index is 12.6. The fraction of sp³-hybridized carbons (Fsp3) is 0.368. The Balaban J connectivity index is 1.59. The molecule has 0 amide bonds. The van der Waals surface area contributed by atoms with Crippen molar-refractivity contribution in [2.45, 2.75) is 24.9 Å². The third-order valence-corrected chi connectivity index (χ3v) is 6.35. The van der Waals surface area contributed by atoms with Crippen LogP contribution in [0.4, 0.5) is 0 Å². The highest BCUT2D eigenvalue weighted by molar-refractivity contribution is 7.89. The average Bonchev–Trinajstić information content (AvgIpc) is 2.64. The predicted octanol–water partition coefficient (Wildman–Crippen LogP) is 2.31. The molecule has 0 aliphatic carbocycles. The fourth-order valence-electron chi connectivity index (χ4n) is 2.87. The van der Waals surface area contributed by atoms with Gasteiger partial charge in [-0.15, -0.1) is 0 Å². The van der Waals surface area contributed by atoms with E-state index < -0.39 is 10.0 Å². The zero-order valence-electron chi connectivity index (χ0n) is 14.4. The van der Waals surface area contributed by atoms with Crippen molar-refractivity contribution in [3.63, 3.8) is 0 Å². The molecule has 0 aromatic heterocycles. The Morgan fingerprint density at radius 2 is 1.68 bits per heavy atom. The molecule has 1 saturated heterocycles. The lowest BCUT2D eigenvalue weighted by Gasteiger charge is -2.26. The van der Waals surface area contributed by atoms with Gasteiger partial charge >= 0.3 is 0 Å². The first kappa shape index (κ1) is 18.1. The molecule has 2 aromatic rings. The zero-order chi connectivity index (χ0) is 17.7. The summed E-state index contributed by atoms with van der Waals surface area (Å²) in [5.41, 5.74) is 3.60. The van der Waals surface area contributed by atoms with Gasteiger partial charge < -0.3 is 10.1 Å². The van der Waals surface area contributed by atoms with Gasteiger partial charge in [-0.25, -0.2) is 8.42 Å². The second kappa shape index (κ2) is 8.10. The van der Waals surface area contributed by atoms with Crippen LogP contribution in [0.2, 0.25) is 0 Å². The zero-order valence-corrected chi connectivity index (χ0v) is 15.3. The predicted molar refractivity (Wildman–Crippen MR) is 97.7 cm³/mol. The minimum atomic E-state index is -3.41. The van der Waals surface area contributed by atoms with E-state index in [1.807, 2.05) is 24.3 Å². The number of benzene rings is 2. The normalized spacial score (nSPS) is 16.0. The van der Waals surface area contributed by atoms with Crippen molar-refractivity contribution in [1.82, 2.24) is 9.62 Å². The topological polar surface area (TPSA) is 58.6 Å². The van der Waals surface area contributed by atoms with E-state index in [1.165, 1.54) is 15.4 Å². The van der Waals surface area contributed by atoms with E-state index in [2.05, 4.69) is 24.4 Å². The molecule has 1 aliphatic rings. The van der Waals surface area contributed by atoms with Crippen molar-refractivity contribution in [2.75, 3.05) is 26.3 Å². The van der Waals surface area contributed by atoms with E-state index in [1.54, 1.807) is 12.1 Å². The van der Waals surface area contributed by atoms with E-state index >= 15 is 0 Å². The van der Waals surface area contributed by atoms with Crippen molar-refractivity contribution in [1.29, 1.82) is 0 Å². The lowest BCUT2D eigenvalue weighted by Crippen LogP contribution is -2.40. The van der Waals surface area contributed by atoms with Crippen LogP contribution in [-0.4, -0.2) is 39.0 Å². The molecule has 0 radical (unpaired) electrons. The molecular weight excluding hydrogens is 336 g/mol. The number of sulfonamides is 1. The second-order valence-electron chi connectivity index (χ2n) is 6.19. The minimum absolute atomic E-state index is 0.344. The van der Waals surface area contributed by atoms with Crippen LogP contribution in [-0.2, 0) is 27.8 Å². The van der Waals surface area contributed by atoms with Gasteiger partial charge in [-0.2, -0.15) is 4.31 Å². The van der Waals surface area contributed by atoms with Crippen molar-refractivity contribution >= 4 is 10.0 Å². The maximum atomic E-state index is 12.6. The third kappa shape index (κ3) is 4.46. The Morgan fingerprint density at radius 1 is 1.00 bits per heavy atom. The second-order valence-corrected chi connectivity index (χ2v) is 8.13. The number of hydrogen-bond acceptors (Lipinski definition) is 4. The lowest BCUT2D eigenvalue weighted by atomic mass is 10.1. The molecule has 0 atom stereocenters. The highest BCUT2D eigenvalue weighted by Gasteiger charge is 2.25. The molecule has 2 aromatic carbocycles. The molecule has 1 heterocycles. The first-order valence-electron chi connectivity index (χ1n) is 8.49. The molecule has 1 aliphatic heterocycles. The van der Waals surface area contributed by atoms with Crippen LogP contribution in [0, 0.1) is 6.92 Å². The molecular formula is C19H24N2O3S. The Morgan fingerprint density at radius 3 is 2.36 bits per heavy atom. The van der Waals surface area contributed by atoms with Crippen LogP contribution in [0.25, 0.3) is 0 Å². The number of nitrogens with zero attached hydrogens (tertiary/aromatic N) is 1. The molecule has 1 fully saturated rings. The molecule has 6 heteroatoms. The summed E-state index contributed by atoms with van der Waals surface area (Å²) in [4.78, 5) is 0.344. The van der Waals surface area contributed by atoms with E-state index in [0.29, 0.717) is 37.7 Å². The molecule has 25 heavy (non-hydrogen) atoms. The number of rotatable bonds is 6. The number of morpholine rings is 1. The van der Waals surface area contributed by atoms with E-state index in [9.17, 15) is 8.42 Å². The number of aryl methyl sites for hydroxylation is 1. The van der Waals surface area contributed by atoms with Crippen LogP contribution >= 0.6 is 0 Å². The third-order valence-electron chi connectivity index (χ3n) is 4.44. The number of nitrogens with one attached hydrogen (secondary N) is 1. The van der Waals surface area contributed by atoms with Crippen molar-refractivity contribution in [3.05, 3.63) is 65.2 Å². The van der Waals surface area contributed by atoms with E-state index in [4.69, 9.17) is 4.74 Å². The van der Waals surface area contributed by atoms with Crippen LogP contribution in [0.1, 0.15) is 16.7 Å². The summed E-state index contributed by atoms with van der Waals surface area (Å²) in [6.45, 7) is 5.35. The summed E-state index contributed by atoms with van der Waals surface area (Å²) in [5, 5.41) is 3.40. The Labute approximate surface area is 149 Å². The highest BCUT2D eigenvalue weighted by atomic mass is 32.2. The fourth-order valence-corrected chi connectivity index (χ4v) is 4.27. The number of hydrogen-bond donors (Lipinski definition) is 1. The van der Waals surface area contributed by atoms with Crippen LogP contribution in [0.15, 0.2) is 53.4 Å². The van der Waals surface area contributed by atoms with Crippen molar-refractivity contribution < 1.29 is 13.2 Å². The van der Waals surface area contributed by atoms with Gasteiger partial charge in [-0.1, -0.05) is 36.4 Å². The number of ether oxygens (including phenoxy) is 1. The van der Waals surface area contributed by atoms with E-state index in [-0.39, 0.29) is 0 Å². The quantitative estimate of drug-likeness (QED) is 0.859. The molecule has 0 unspecified atom stereocenters. The summed E-state index contributed by atoms with van der Waals surface area (Å²) in [5.74, 6) is 0. The summed E-state index contributed by atoms with van der Waals surface area (Å²) < 4.78 is 31.9. The molecule has 0 spiro atoms. The maximum Gasteiger partial charge on any atom is 0.243 e. The SMILES string of the molecule is Cc1ccccc1CNCc1ccc(S(=O)(=O)N2CCOCC2)cc1. The van der Waals surface area contributed by atoms with Gasteiger partial charge in [-0.05, 0) is 35.7 Å². The monoisotopic (exact) mass is 360 g/mol. The van der Waals surface area contributed by atoms with Crippen molar-refractivity contribution in [2.24, 2.45) is 0 Å². The first-order valence-corrected chi connectivity index (χ1v) is 9.93. The van der Waals surface area contributed by atoms with Gasteiger partial charge in [0.05, 0.1) is 18.1 Å². The van der Waals surface area contributed by atoms with Gasteiger partial charge in [0.1, 0.15) is 0 Å². The van der Waals surface area contributed by atoms with Gasteiger partial charge in [0.25, 0.3) is 0 Å². The van der Waals surface area contributed by atoms with Crippen molar-refractivity contribution in [3.8, 4) is 0 Å². The molecule has 5 nitrogen and oxygen atoms in total. The van der Waals surface area contributed by atoms with Crippen LogP contribution in [0.3, 0.4) is 0 Å². The molecule has 0 saturated carbocycles. The first-order chi connectivity index (χ1) is 12.1. The minimum Gasteiger partial charge on any atom is -0.379 e. The Bertz CT molecular complexity index is 798. The summed E-state index contributed by atoms with van der Waals surface area (Å²) in [6.07, 6.45) is 0. The Kier molecular flexibility index (Phi) is 5.86. The van der Waals surface area contributed by atoms with Gasteiger partial charge in [-0.3, -0.25) is 0 Å². The Hall–Kier alpha value is -1.73. The van der Waals surface area contributed by atoms with Gasteiger partial charge in [0.2, 0.25) is 10.0 Å². The lowest BCUT2D eigenvalue weighted by molar-refractivity contribution is 0.0730. The largest absolute Gasteiger partial charge is 0.379 e. The van der Waals surface area contributed by atoms with Gasteiger partial charge in [0.15, 0.2) is 0 Å². The summed E-state index contributed by atoms with van der Waals surface area (Å²) in [6, 6.07) is 15.4. The van der Waals surface area contributed by atoms with Gasteiger partial charge in [0, 0.05) is 26.2 Å². The molecule has 134 valence electrons. The smallest absolute Gasteiger partial charge is 0.243 e. The molecule has 3 rings (SSSR count). The van der Waals surface area contributed by atoms with E-state index in [0.717, 1.165) is 12.1 Å². The molecule has 1 N–H and O–H groups in total. The van der Waals surface area contributed by atoms with Crippen LogP contribution in [0.5, 0.6) is 0 Å². The standard InChI is InChI=1S/C19H24N2O3S/c1-16-4-2-3-5-18(16)15-20-14-17-6-8-19(9-7-17)25(22,23)21-10-12-24-13-11-21/h2-9,20H,10-15H2,1H3. The summed E-state index contributed by atoms with van der Waals surface area (Å²) in [7, 11) is -3.41.